The number of rotatable bonds is 3. The lowest BCUT2D eigenvalue weighted by Crippen LogP contribution is -2.50. The molecule has 1 saturated heterocycles. The van der Waals surface area contributed by atoms with Crippen molar-refractivity contribution < 1.29 is 8.42 Å². The number of halogens is 1. The lowest BCUT2D eigenvalue weighted by molar-refractivity contribution is 0.176. The Bertz CT molecular complexity index is 646. The molecule has 0 unspecified atom stereocenters. The SMILES string of the molecule is O=S(=O)(c1ccc(Br)s1)N1CC(n2nccn2)C1. The third-order valence-electron chi connectivity index (χ3n) is 2.73. The highest BCUT2D eigenvalue weighted by Crippen LogP contribution is 2.32. The number of aromatic nitrogens is 3. The van der Waals surface area contributed by atoms with Gasteiger partial charge >= 0.3 is 0 Å². The van der Waals surface area contributed by atoms with Gasteiger partial charge in [0.05, 0.1) is 22.2 Å². The van der Waals surface area contributed by atoms with E-state index in [0.717, 1.165) is 3.79 Å². The maximum atomic E-state index is 12.2. The van der Waals surface area contributed by atoms with Gasteiger partial charge in [-0.3, -0.25) is 0 Å². The van der Waals surface area contributed by atoms with Crippen molar-refractivity contribution in [2.45, 2.75) is 10.3 Å². The number of nitrogens with zero attached hydrogens (tertiary/aromatic N) is 4. The summed E-state index contributed by atoms with van der Waals surface area (Å²) in [5.41, 5.74) is 0. The molecule has 3 heterocycles. The Morgan fingerprint density at radius 2 is 1.94 bits per heavy atom. The van der Waals surface area contributed by atoms with Gasteiger partial charge in [0.15, 0.2) is 0 Å². The third kappa shape index (κ3) is 2.00. The second-order valence-electron chi connectivity index (χ2n) is 3.88. The summed E-state index contributed by atoms with van der Waals surface area (Å²) in [5.74, 6) is 0. The number of sulfonamides is 1. The zero-order valence-electron chi connectivity index (χ0n) is 9.10. The van der Waals surface area contributed by atoms with E-state index in [1.807, 2.05) is 0 Å². The molecule has 1 fully saturated rings. The van der Waals surface area contributed by atoms with Crippen LogP contribution >= 0.6 is 27.3 Å². The van der Waals surface area contributed by atoms with E-state index >= 15 is 0 Å². The summed E-state index contributed by atoms with van der Waals surface area (Å²) in [7, 11) is -3.35. The van der Waals surface area contributed by atoms with Crippen molar-refractivity contribution in [2.24, 2.45) is 0 Å². The minimum absolute atomic E-state index is 0.0400. The molecule has 2 aromatic rings. The Hall–Kier alpha value is -0.770. The topological polar surface area (TPSA) is 68.1 Å². The monoisotopic (exact) mass is 348 g/mol. The molecule has 0 atom stereocenters. The van der Waals surface area contributed by atoms with E-state index in [9.17, 15) is 8.42 Å². The predicted molar refractivity (Wildman–Crippen MR) is 69.8 cm³/mol. The first-order chi connectivity index (χ1) is 8.57. The Balaban J connectivity index is 1.75. The number of hydrogen-bond donors (Lipinski definition) is 0. The summed E-state index contributed by atoms with van der Waals surface area (Å²) in [6.45, 7) is 0.846. The Kier molecular flexibility index (Phi) is 3.00. The van der Waals surface area contributed by atoms with Gasteiger partial charge in [-0.25, -0.2) is 8.42 Å². The molecule has 0 bridgehead atoms. The van der Waals surface area contributed by atoms with Crippen LogP contribution in [0.5, 0.6) is 0 Å². The van der Waals surface area contributed by atoms with Crippen molar-refractivity contribution in [3.8, 4) is 0 Å². The Labute approximate surface area is 116 Å². The van der Waals surface area contributed by atoms with E-state index < -0.39 is 10.0 Å². The molecule has 6 nitrogen and oxygen atoms in total. The Morgan fingerprint density at radius 1 is 1.28 bits per heavy atom. The normalized spacial score (nSPS) is 17.8. The lowest BCUT2D eigenvalue weighted by atomic mass is 10.2. The second kappa shape index (κ2) is 4.41. The number of thiophene rings is 1. The average molecular weight is 349 g/mol. The highest BCUT2D eigenvalue weighted by molar-refractivity contribution is 9.11. The van der Waals surface area contributed by atoms with Gasteiger partial charge < -0.3 is 0 Å². The molecule has 0 N–H and O–H groups in total. The van der Waals surface area contributed by atoms with Crippen molar-refractivity contribution in [1.82, 2.24) is 19.3 Å². The van der Waals surface area contributed by atoms with Gasteiger partial charge in [0.25, 0.3) is 10.0 Å². The molecule has 18 heavy (non-hydrogen) atoms. The molecule has 1 aliphatic rings. The summed E-state index contributed by atoms with van der Waals surface area (Å²) in [6, 6.07) is 3.39. The highest BCUT2D eigenvalue weighted by atomic mass is 79.9. The summed E-state index contributed by atoms with van der Waals surface area (Å²) < 4.78 is 27.0. The molecule has 0 spiro atoms. The van der Waals surface area contributed by atoms with Gasteiger partial charge in [-0.05, 0) is 28.1 Å². The average Bonchev–Trinajstić information content (AvgIpc) is 2.86. The first kappa shape index (κ1) is 12.3. The van der Waals surface area contributed by atoms with Gasteiger partial charge in [-0.2, -0.15) is 19.3 Å². The van der Waals surface area contributed by atoms with Gasteiger partial charge in [0, 0.05) is 13.1 Å². The molecular weight excluding hydrogens is 340 g/mol. The van der Waals surface area contributed by atoms with Crippen LogP contribution in [-0.2, 0) is 10.0 Å². The van der Waals surface area contributed by atoms with E-state index in [1.165, 1.54) is 15.6 Å². The quantitative estimate of drug-likeness (QED) is 0.839. The van der Waals surface area contributed by atoms with E-state index in [1.54, 1.807) is 29.3 Å². The third-order valence-corrected chi connectivity index (χ3v) is 6.66. The van der Waals surface area contributed by atoms with Crippen LogP contribution in [-0.4, -0.2) is 40.8 Å². The summed E-state index contributed by atoms with van der Waals surface area (Å²) in [5, 5.41) is 8.02. The molecule has 3 rings (SSSR count). The molecule has 0 aromatic carbocycles. The van der Waals surface area contributed by atoms with Crippen LogP contribution in [0.2, 0.25) is 0 Å². The van der Waals surface area contributed by atoms with Crippen LogP contribution < -0.4 is 0 Å². The molecule has 0 amide bonds. The van der Waals surface area contributed by atoms with Gasteiger partial charge in [-0.15, -0.1) is 11.3 Å². The van der Waals surface area contributed by atoms with E-state index in [-0.39, 0.29) is 6.04 Å². The molecule has 1 aliphatic heterocycles. The lowest BCUT2D eigenvalue weighted by Gasteiger charge is -2.36. The molecule has 0 saturated carbocycles. The molecule has 0 radical (unpaired) electrons. The van der Waals surface area contributed by atoms with E-state index in [0.29, 0.717) is 17.3 Å². The Morgan fingerprint density at radius 3 is 2.50 bits per heavy atom. The van der Waals surface area contributed by atoms with Crippen LogP contribution in [0.3, 0.4) is 0 Å². The van der Waals surface area contributed by atoms with Crippen molar-refractivity contribution in [1.29, 1.82) is 0 Å². The summed E-state index contributed by atoms with van der Waals surface area (Å²) in [6.07, 6.45) is 3.18. The standard InChI is InChI=1S/C9H9BrN4O2S2/c10-8-1-2-9(17-8)18(15,16)13-5-7(6-13)14-11-3-4-12-14/h1-4,7H,5-6H2. The van der Waals surface area contributed by atoms with Crippen LogP contribution in [0.1, 0.15) is 6.04 Å². The van der Waals surface area contributed by atoms with E-state index in [4.69, 9.17) is 0 Å². The zero-order valence-corrected chi connectivity index (χ0v) is 12.3. The van der Waals surface area contributed by atoms with Crippen molar-refractivity contribution in [3.63, 3.8) is 0 Å². The van der Waals surface area contributed by atoms with E-state index in [2.05, 4.69) is 26.1 Å². The molecular formula is C9H9BrN4O2S2. The maximum absolute atomic E-state index is 12.2. The molecule has 96 valence electrons. The van der Waals surface area contributed by atoms with Crippen molar-refractivity contribution in [3.05, 3.63) is 28.3 Å². The molecule has 9 heteroatoms. The maximum Gasteiger partial charge on any atom is 0.252 e. The highest BCUT2D eigenvalue weighted by Gasteiger charge is 2.39. The van der Waals surface area contributed by atoms with Crippen LogP contribution in [0.4, 0.5) is 0 Å². The largest absolute Gasteiger partial charge is 0.252 e. The fourth-order valence-electron chi connectivity index (χ4n) is 1.74. The fraction of sp³-hybridized carbons (Fsp3) is 0.333. The minimum atomic E-state index is -3.35. The van der Waals surface area contributed by atoms with Crippen LogP contribution in [0.15, 0.2) is 32.5 Å². The smallest absolute Gasteiger partial charge is 0.206 e. The van der Waals surface area contributed by atoms with Gasteiger partial charge in [-0.1, -0.05) is 0 Å². The van der Waals surface area contributed by atoms with Gasteiger partial charge in [0.1, 0.15) is 4.21 Å². The van der Waals surface area contributed by atoms with Crippen molar-refractivity contribution >= 4 is 37.3 Å². The summed E-state index contributed by atoms with van der Waals surface area (Å²) in [4.78, 5) is 1.55. The van der Waals surface area contributed by atoms with Crippen LogP contribution in [0, 0.1) is 0 Å². The molecule has 2 aromatic heterocycles. The second-order valence-corrected chi connectivity index (χ2v) is 8.51. The van der Waals surface area contributed by atoms with Crippen LogP contribution in [0.25, 0.3) is 0 Å². The first-order valence-corrected chi connectivity index (χ1v) is 8.23. The summed E-state index contributed by atoms with van der Waals surface area (Å²) >= 11 is 4.49. The fourth-order valence-corrected chi connectivity index (χ4v) is 5.42. The zero-order chi connectivity index (χ0) is 12.8. The predicted octanol–water partition coefficient (Wildman–Crippen LogP) is 1.35. The van der Waals surface area contributed by atoms with Crippen molar-refractivity contribution in [2.75, 3.05) is 13.1 Å². The number of hydrogen-bond acceptors (Lipinski definition) is 5. The first-order valence-electron chi connectivity index (χ1n) is 5.18. The minimum Gasteiger partial charge on any atom is -0.206 e. The van der Waals surface area contributed by atoms with Gasteiger partial charge in [0.2, 0.25) is 0 Å². The molecule has 0 aliphatic carbocycles.